The van der Waals surface area contributed by atoms with E-state index in [9.17, 15) is 5.11 Å². The molecule has 1 saturated carbocycles. The summed E-state index contributed by atoms with van der Waals surface area (Å²) in [6.07, 6.45) is 1.83. The van der Waals surface area contributed by atoms with E-state index >= 15 is 0 Å². The van der Waals surface area contributed by atoms with Crippen LogP contribution < -0.4 is 0 Å². The zero-order valence-corrected chi connectivity index (χ0v) is 12.4. The van der Waals surface area contributed by atoms with E-state index in [1.807, 2.05) is 13.8 Å². The lowest BCUT2D eigenvalue weighted by atomic mass is 9.57. The van der Waals surface area contributed by atoms with Gasteiger partial charge in [-0.1, -0.05) is 13.8 Å². The molecule has 2 bridgehead atoms. The number of aliphatic hydroxyl groups excluding tert-OH is 1. The van der Waals surface area contributed by atoms with Gasteiger partial charge in [-0.25, -0.2) is 9.78 Å². The molecule has 0 aromatic carbocycles. The van der Waals surface area contributed by atoms with E-state index in [-0.39, 0.29) is 11.8 Å². The molecule has 1 N–H and O–H groups in total. The number of fused-ring (bicyclic) bond motifs is 2. The molecule has 8 atom stereocenters. The van der Waals surface area contributed by atoms with Crippen molar-refractivity contribution in [2.75, 3.05) is 6.61 Å². The van der Waals surface area contributed by atoms with E-state index in [4.69, 9.17) is 19.2 Å². The predicted molar refractivity (Wildman–Crippen MR) is 69.3 cm³/mol. The lowest BCUT2D eigenvalue weighted by Gasteiger charge is -2.59. The molecule has 0 aromatic heterocycles. The molecule has 5 rings (SSSR count). The van der Waals surface area contributed by atoms with Gasteiger partial charge in [0.25, 0.3) is 0 Å². The Bertz CT molecular complexity index is 415. The molecule has 1 spiro atoms. The second-order valence-electron chi connectivity index (χ2n) is 7.47. The summed E-state index contributed by atoms with van der Waals surface area (Å²) >= 11 is 0. The van der Waals surface area contributed by atoms with Crippen LogP contribution in [0.4, 0.5) is 0 Å². The summed E-state index contributed by atoms with van der Waals surface area (Å²) in [4.78, 5) is 11.7. The van der Waals surface area contributed by atoms with Gasteiger partial charge in [0, 0.05) is 17.8 Å². The normalized spacial score (nSPS) is 61.8. The SMILES string of the molecule is C[C@@H]1[C@H](O)O[C@@H]2OC[C@]3(C)C[C@H]4[C@H](C)CC[C@H]1[C@@]24OO3. The van der Waals surface area contributed by atoms with Crippen molar-refractivity contribution in [2.24, 2.45) is 23.7 Å². The first-order chi connectivity index (χ1) is 9.46. The summed E-state index contributed by atoms with van der Waals surface area (Å²) in [5, 5.41) is 10.2. The van der Waals surface area contributed by atoms with Gasteiger partial charge >= 0.3 is 0 Å². The first-order valence-electron chi connectivity index (χ1n) is 7.78. The molecule has 4 heterocycles. The van der Waals surface area contributed by atoms with Crippen molar-refractivity contribution in [1.82, 2.24) is 0 Å². The van der Waals surface area contributed by atoms with Crippen LogP contribution in [0.15, 0.2) is 0 Å². The van der Waals surface area contributed by atoms with E-state index in [1.165, 1.54) is 6.42 Å². The Hall–Kier alpha value is -0.200. The van der Waals surface area contributed by atoms with E-state index in [0.29, 0.717) is 18.4 Å². The molecule has 5 heteroatoms. The fraction of sp³-hybridized carbons (Fsp3) is 1.00. The number of rotatable bonds is 0. The fourth-order valence-corrected chi connectivity index (χ4v) is 4.87. The molecule has 0 amide bonds. The van der Waals surface area contributed by atoms with Gasteiger partial charge in [-0.05, 0) is 32.1 Å². The highest BCUT2D eigenvalue weighted by atomic mass is 17.2. The number of hydrogen-bond donors (Lipinski definition) is 1. The molecule has 5 aliphatic rings. The van der Waals surface area contributed by atoms with Gasteiger partial charge in [-0.15, -0.1) is 0 Å². The van der Waals surface area contributed by atoms with Crippen molar-refractivity contribution in [2.45, 2.75) is 63.8 Å². The summed E-state index contributed by atoms with van der Waals surface area (Å²) in [6.45, 7) is 6.81. The van der Waals surface area contributed by atoms with E-state index in [0.717, 1.165) is 12.8 Å². The Morgan fingerprint density at radius 1 is 1.10 bits per heavy atom. The summed E-state index contributed by atoms with van der Waals surface area (Å²) in [5.41, 5.74) is -0.951. The minimum Gasteiger partial charge on any atom is -0.368 e. The topological polar surface area (TPSA) is 57.2 Å². The first kappa shape index (κ1) is 13.5. The maximum absolute atomic E-state index is 10.2. The second kappa shape index (κ2) is 4.17. The van der Waals surface area contributed by atoms with Crippen molar-refractivity contribution >= 4 is 0 Å². The molecule has 0 unspecified atom stereocenters. The van der Waals surface area contributed by atoms with Crippen molar-refractivity contribution in [3.05, 3.63) is 0 Å². The van der Waals surface area contributed by atoms with Gasteiger partial charge in [0.05, 0.1) is 6.61 Å². The van der Waals surface area contributed by atoms with Gasteiger partial charge < -0.3 is 14.6 Å². The molecular weight excluding hydrogens is 260 g/mol. The van der Waals surface area contributed by atoms with Crippen LogP contribution in [0.1, 0.15) is 40.0 Å². The Morgan fingerprint density at radius 2 is 1.90 bits per heavy atom. The van der Waals surface area contributed by atoms with Crippen LogP contribution in [-0.2, 0) is 19.2 Å². The van der Waals surface area contributed by atoms with Crippen LogP contribution in [0.25, 0.3) is 0 Å². The predicted octanol–water partition coefficient (Wildman–Crippen LogP) is 1.84. The first-order valence-corrected chi connectivity index (χ1v) is 7.78. The fourth-order valence-electron chi connectivity index (χ4n) is 4.87. The zero-order valence-electron chi connectivity index (χ0n) is 12.4. The van der Waals surface area contributed by atoms with Crippen molar-refractivity contribution in [1.29, 1.82) is 0 Å². The quantitative estimate of drug-likeness (QED) is 0.688. The van der Waals surface area contributed by atoms with Crippen LogP contribution in [0.2, 0.25) is 0 Å². The van der Waals surface area contributed by atoms with Crippen molar-refractivity contribution < 1.29 is 24.4 Å². The van der Waals surface area contributed by atoms with Crippen LogP contribution >= 0.6 is 0 Å². The molecule has 114 valence electrons. The summed E-state index contributed by atoms with van der Waals surface area (Å²) in [5.74, 6) is 1.18. The Balaban J connectivity index is 1.82. The average Bonchev–Trinajstić information content (AvgIpc) is 2.63. The molecule has 5 fully saturated rings. The smallest absolute Gasteiger partial charge is 0.193 e. The maximum Gasteiger partial charge on any atom is 0.193 e. The molecule has 20 heavy (non-hydrogen) atoms. The third-order valence-electron chi connectivity index (χ3n) is 6.07. The van der Waals surface area contributed by atoms with Crippen LogP contribution in [0.5, 0.6) is 0 Å². The molecule has 5 nitrogen and oxygen atoms in total. The second-order valence-corrected chi connectivity index (χ2v) is 7.47. The van der Waals surface area contributed by atoms with Crippen LogP contribution in [-0.4, -0.2) is 35.5 Å². The van der Waals surface area contributed by atoms with Crippen molar-refractivity contribution in [3.63, 3.8) is 0 Å². The molecule has 1 aliphatic carbocycles. The van der Waals surface area contributed by atoms with Crippen molar-refractivity contribution in [3.8, 4) is 0 Å². The average molecular weight is 284 g/mol. The summed E-state index contributed by atoms with van der Waals surface area (Å²) in [7, 11) is 0. The highest BCUT2D eigenvalue weighted by Gasteiger charge is 2.69. The standard InChI is InChI=1S/C15H24O5/c1-8-4-5-10-9(2)12(16)18-13-15(10)11(8)6-14(3,7-17-13)19-20-15/h8-13,16H,4-7H2,1-3H3/t8-,9+,10-,11+,12-,13+,14+,15+/m1/s1. The van der Waals surface area contributed by atoms with E-state index < -0.39 is 23.8 Å². The zero-order chi connectivity index (χ0) is 14.1. The van der Waals surface area contributed by atoms with Crippen LogP contribution in [0, 0.1) is 23.7 Å². The number of ether oxygens (including phenoxy) is 2. The number of hydrogen-bond acceptors (Lipinski definition) is 5. The minimum atomic E-state index is -0.779. The van der Waals surface area contributed by atoms with Gasteiger partial charge in [0.1, 0.15) is 5.60 Å². The highest BCUT2D eigenvalue weighted by Crippen LogP contribution is 2.59. The lowest BCUT2D eigenvalue weighted by Crippen LogP contribution is -2.69. The van der Waals surface area contributed by atoms with Gasteiger partial charge in [-0.3, -0.25) is 0 Å². The largest absolute Gasteiger partial charge is 0.368 e. The van der Waals surface area contributed by atoms with Gasteiger partial charge in [0.15, 0.2) is 18.2 Å². The maximum atomic E-state index is 10.2. The van der Waals surface area contributed by atoms with E-state index in [1.54, 1.807) is 0 Å². The highest BCUT2D eigenvalue weighted by molar-refractivity contribution is 5.10. The Labute approximate surface area is 119 Å². The molecule has 0 radical (unpaired) electrons. The summed E-state index contributed by atoms with van der Waals surface area (Å²) < 4.78 is 11.7. The van der Waals surface area contributed by atoms with Crippen LogP contribution in [0.3, 0.4) is 0 Å². The monoisotopic (exact) mass is 284 g/mol. The third-order valence-corrected chi connectivity index (χ3v) is 6.07. The lowest BCUT2D eigenvalue weighted by molar-refractivity contribution is -0.494. The summed E-state index contributed by atoms with van der Waals surface area (Å²) in [6, 6.07) is 0. The number of aliphatic hydroxyl groups is 1. The third kappa shape index (κ3) is 1.56. The Morgan fingerprint density at radius 3 is 2.70 bits per heavy atom. The molecule has 4 saturated heterocycles. The van der Waals surface area contributed by atoms with E-state index in [2.05, 4.69) is 6.92 Å². The molecular formula is C15H24O5. The minimum absolute atomic E-state index is 0.0379. The molecule has 0 aromatic rings. The van der Waals surface area contributed by atoms with Gasteiger partial charge in [0.2, 0.25) is 0 Å². The molecule has 4 aliphatic heterocycles. The Kier molecular flexibility index (Phi) is 2.81. The van der Waals surface area contributed by atoms with Gasteiger partial charge in [-0.2, -0.15) is 0 Å².